The number of fused-ring (bicyclic) bond motifs is 5. The second-order valence-corrected chi connectivity index (χ2v) is 8.31. The average molecular weight is 363 g/mol. The van der Waals surface area contributed by atoms with Crippen LogP contribution in [0, 0.1) is 11.8 Å². The average Bonchev–Trinajstić information content (AvgIpc) is 2.95. The smallest absolute Gasteiger partial charge is 0.273 e. The Hall–Kier alpha value is -2.43. The van der Waals surface area contributed by atoms with Gasteiger partial charge in [0, 0.05) is 37.3 Å². The summed E-state index contributed by atoms with van der Waals surface area (Å²) in [4.78, 5) is 34.7. The summed E-state index contributed by atoms with van der Waals surface area (Å²) in [5.74, 6) is 0.835. The maximum Gasteiger partial charge on any atom is 0.273 e. The number of carbonyl (C=O) groups excluding carboxylic acids is 2. The topological polar surface area (TPSA) is 53.5 Å². The number of hydrogen-bond donors (Lipinski definition) is 0. The third kappa shape index (κ3) is 2.89. The molecule has 1 aromatic carbocycles. The zero-order valence-electron chi connectivity index (χ0n) is 15.5. The first kappa shape index (κ1) is 16.7. The predicted molar refractivity (Wildman–Crippen MR) is 103 cm³/mol. The SMILES string of the molecule is O=C(c1nccc2ccccc12)N1C[C@@H]2CC[C@H](C1)N(CC1CCC1)C2=O. The molecule has 4 heterocycles. The van der Waals surface area contributed by atoms with E-state index in [-0.39, 0.29) is 23.8 Å². The van der Waals surface area contributed by atoms with E-state index < -0.39 is 0 Å². The molecule has 140 valence electrons. The third-order valence-electron chi connectivity index (χ3n) is 6.64. The van der Waals surface area contributed by atoms with Gasteiger partial charge in [0.2, 0.25) is 5.91 Å². The molecule has 0 unspecified atom stereocenters. The van der Waals surface area contributed by atoms with E-state index in [2.05, 4.69) is 9.88 Å². The summed E-state index contributed by atoms with van der Waals surface area (Å²) < 4.78 is 0. The van der Waals surface area contributed by atoms with Crippen molar-refractivity contribution in [1.29, 1.82) is 0 Å². The van der Waals surface area contributed by atoms with Crippen molar-refractivity contribution in [3.8, 4) is 0 Å². The minimum atomic E-state index is -0.0530. The number of amides is 2. The van der Waals surface area contributed by atoms with E-state index >= 15 is 0 Å². The second-order valence-electron chi connectivity index (χ2n) is 8.31. The van der Waals surface area contributed by atoms with Crippen LogP contribution in [-0.2, 0) is 4.79 Å². The van der Waals surface area contributed by atoms with Crippen molar-refractivity contribution in [2.24, 2.45) is 11.8 Å². The van der Waals surface area contributed by atoms with Crippen LogP contribution in [0.3, 0.4) is 0 Å². The molecule has 0 radical (unpaired) electrons. The summed E-state index contributed by atoms with van der Waals surface area (Å²) in [7, 11) is 0. The summed E-state index contributed by atoms with van der Waals surface area (Å²) in [6.45, 7) is 2.05. The summed E-state index contributed by atoms with van der Waals surface area (Å²) in [6.07, 6.45) is 7.38. The largest absolute Gasteiger partial charge is 0.337 e. The minimum Gasteiger partial charge on any atom is -0.337 e. The van der Waals surface area contributed by atoms with E-state index in [1.54, 1.807) is 6.20 Å². The molecule has 3 saturated heterocycles. The Morgan fingerprint density at radius 2 is 1.93 bits per heavy atom. The monoisotopic (exact) mass is 363 g/mol. The van der Waals surface area contributed by atoms with Crippen LogP contribution in [0.15, 0.2) is 36.5 Å². The summed E-state index contributed by atoms with van der Waals surface area (Å²) in [5, 5.41) is 1.91. The van der Waals surface area contributed by atoms with E-state index in [9.17, 15) is 9.59 Å². The number of piperidine rings is 1. The summed E-state index contributed by atoms with van der Waals surface area (Å²) >= 11 is 0. The lowest BCUT2D eigenvalue weighted by molar-refractivity contribution is -0.141. The molecule has 6 rings (SSSR count). The second kappa shape index (κ2) is 6.63. The number of pyridine rings is 1. The van der Waals surface area contributed by atoms with Crippen molar-refractivity contribution in [3.05, 3.63) is 42.2 Å². The van der Waals surface area contributed by atoms with Gasteiger partial charge in [0.15, 0.2) is 0 Å². The van der Waals surface area contributed by atoms with Crippen LogP contribution in [0.25, 0.3) is 10.8 Å². The molecule has 4 aliphatic rings. The Morgan fingerprint density at radius 3 is 2.74 bits per heavy atom. The maximum absolute atomic E-state index is 13.3. The van der Waals surface area contributed by atoms with Gasteiger partial charge in [-0.1, -0.05) is 30.7 Å². The summed E-state index contributed by atoms with van der Waals surface area (Å²) in [6, 6.07) is 9.97. The van der Waals surface area contributed by atoms with Gasteiger partial charge in [-0.3, -0.25) is 14.6 Å². The highest BCUT2D eigenvalue weighted by Gasteiger charge is 2.43. The molecule has 4 fully saturated rings. The highest BCUT2D eigenvalue weighted by atomic mass is 16.2. The number of hydrogen-bond acceptors (Lipinski definition) is 3. The van der Waals surface area contributed by atoms with Crippen LogP contribution in [-0.4, -0.2) is 52.3 Å². The van der Waals surface area contributed by atoms with Crippen LogP contribution >= 0.6 is 0 Å². The lowest BCUT2D eigenvalue weighted by atomic mass is 9.83. The first-order valence-corrected chi connectivity index (χ1v) is 10.1. The number of carbonyl (C=O) groups is 2. The van der Waals surface area contributed by atoms with E-state index in [0.29, 0.717) is 24.7 Å². The van der Waals surface area contributed by atoms with E-state index in [1.165, 1.54) is 19.3 Å². The van der Waals surface area contributed by atoms with Crippen LogP contribution in [0.1, 0.15) is 42.6 Å². The van der Waals surface area contributed by atoms with Crippen molar-refractivity contribution in [2.45, 2.75) is 38.1 Å². The fourth-order valence-electron chi connectivity index (χ4n) is 4.84. The highest BCUT2D eigenvalue weighted by Crippen LogP contribution is 2.34. The van der Waals surface area contributed by atoms with Crippen LogP contribution in [0.2, 0.25) is 0 Å². The zero-order chi connectivity index (χ0) is 18.4. The first-order valence-electron chi connectivity index (χ1n) is 10.1. The van der Waals surface area contributed by atoms with E-state index in [4.69, 9.17) is 0 Å². The molecule has 1 saturated carbocycles. The molecule has 5 heteroatoms. The molecule has 2 atom stereocenters. The Kier molecular flexibility index (Phi) is 4.10. The van der Waals surface area contributed by atoms with Crippen molar-refractivity contribution in [1.82, 2.24) is 14.8 Å². The van der Waals surface area contributed by atoms with Gasteiger partial charge in [0.1, 0.15) is 5.69 Å². The predicted octanol–water partition coefficient (Wildman–Crippen LogP) is 3.10. The lowest BCUT2D eigenvalue weighted by Crippen LogP contribution is -2.50. The van der Waals surface area contributed by atoms with E-state index in [1.807, 2.05) is 35.2 Å². The fraction of sp³-hybridized carbons (Fsp3) is 0.500. The number of aromatic nitrogens is 1. The molecule has 5 nitrogen and oxygen atoms in total. The Bertz CT molecular complexity index is 887. The van der Waals surface area contributed by atoms with E-state index in [0.717, 1.165) is 30.2 Å². The minimum absolute atomic E-state index is 0.0398. The van der Waals surface area contributed by atoms with Gasteiger partial charge < -0.3 is 9.80 Å². The van der Waals surface area contributed by atoms with Gasteiger partial charge in [0.25, 0.3) is 5.91 Å². The van der Waals surface area contributed by atoms with Crippen LogP contribution < -0.4 is 0 Å². The molecule has 3 aliphatic heterocycles. The molecule has 2 amide bonds. The van der Waals surface area contributed by atoms with Crippen molar-refractivity contribution < 1.29 is 9.59 Å². The van der Waals surface area contributed by atoms with Gasteiger partial charge in [-0.05, 0) is 43.1 Å². The molecular formula is C22H25N3O2. The molecule has 0 spiro atoms. The van der Waals surface area contributed by atoms with Crippen molar-refractivity contribution in [2.75, 3.05) is 19.6 Å². The fourth-order valence-corrected chi connectivity index (χ4v) is 4.84. The molecule has 0 N–H and O–H groups in total. The molecule has 2 bridgehead atoms. The number of nitrogens with zero attached hydrogens (tertiary/aromatic N) is 3. The molecular weight excluding hydrogens is 338 g/mol. The standard InChI is InChI=1S/C22H25N3O2/c26-21-17-8-9-18(25(21)12-15-4-3-5-15)14-24(13-17)22(27)20-19-7-2-1-6-16(19)10-11-23-20/h1-2,6-7,10-11,15,17-18H,3-5,8-9,12-14H2/t17-,18+/m0/s1. The first-order chi connectivity index (χ1) is 13.2. The van der Waals surface area contributed by atoms with Gasteiger partial charge in [0.05, 0.1) is 5.92 Å². The number of rotatable bonds is 3. The van der Waals surface area contributed by atoms with Crippen molar-refractivity contribution in [3.63, 3.8) is 0 Å². The van der Waals surface area contributed by atoms with Gasteiger partial charge in [-0.25, -0.2) is 0 Å². The van der Waals surface area contributed by atoms with Gasteiger partial charge in [-0.15, -0.1) is 0 Å². The molecule has 1 aromatic heterocycles. The maximum atomic E-state index is 13.3. The molecule has 1 aliphatic carbocycles. The summed E-state index contributed by atoms with van der Waals surface area (Å²) in [5.41, 5.74) is 0.507. The zero-order valence-corrected chi connectivity index (χ0v) is 15.5. The number of benzene rings is 1. The van der Waals surface area contributed by atoms with Crippen molar-refractivity contribution >= 4 is 22.6 Å². The van der Waals surface area contributed by atoms with Crippen LogP contribution in [0.5, 0.6) is 0 Å². The molecule has 2 aromatic rings. The highest BCUT2D eigenvalue weighted by molar-refractivity contribution is 6.05. The Balaban J connectivity index is 1.42. The quantitative estimate of drug-likeness (QED) is 0.842. The molecule has 27 heavy (non-hydrogen) atoms. The third-order valence-corrected chi connectivity index (χ3v) is 6.64. The Labute approximate surface area is 159 Å². The lowest BCUT2D eigenvalue weighted by Gasteiger charge is -2.40. The van der Waals surface area contributed by atoms with Crippen LogP contribution in [0.4, 0.5) is 0 Å². The van der Waals surface area contributed by atoms with Gasteiger partial charge in [-0.2, -0.15) is 0 Å². The Morgan fingerprint density at radius 1 is 1.07 bits per heavy atom. The normalized spacial score (nSPS) is 25.6. The van der Waals surface area contributed by atoms with Gasteiger partial charge >= 0.3 is 0 Å².